The molecule has 0 bridgehead atoms. The maximum absolute atomic E-state index is 4.25. The van der Waals surface area contributed by atoms with Gasteiger partial charge in [-0.25, -0.2) is 0 Å². The Bertz CT molecular complexity index is 447. The van der Waals surface area contributed by atoms with Crippen molar-refractivity contribution >= 4 is 0 Å². The molecule has 0 unspecified atom stereocenters. The fourth-order valence-electron chi connectivity index (χ4n) is 3.35. The van der Waals surface area contributed by atoms with E-state index in [4.69, 9.17) is 0 Å². The van der Waals surface area contributed by atoms with Crippen LogP contribution in [0.1, 0.15) is 51.6 Å². The van der Waals surface area contributed by atoms with Crippen molar-refractivity contribution in [3.05, 3.63) is 11.9 Å². The van der Waals surface area contributed by atoms with E-state index in [-0.39, 0.29) is 0 Å². The molecule has 1 N–H and O–H groups in total. The summed E-state index contributed by atoms with van der Waals surface area (Å²) in [5, 5.41) is 12.0. The highest BCUT2D eigenvalue weighted by atomic mass is 15.4. The zero-order valence-electron chi connectivity index (χ0n) is 13.5. The largest absolute Gasteiger partial charge is 0.308 e. The van der Waals surface area contributed by atoms with Crippen molar-refractivity contribution in [2.75, 3.05) is 19.6 Å². The summed E-state index contributed by atoms with van der Waals surface area (Å²) in [6.45, 7) is 10.1. The van der Waals surface area contributed by atoms with E-state index in [1.165, 1.54) is 45.2 Å². The second-order valence-electron chi connectivity index (χ2n) is 6.86. The van der Waals surface area contributed by atoms with Gasteiger partial charge in [-0.05, 0) is 44.1 Å². The van der Waals surface area contributed by atoms with Gasteiger partial charge < -0.3 is 10.2 Å². The summed E-state index contributed by atoms with van der Waals surface area (Å²) in [6, 6.07) is 0.732. The lowest BCUT2D eigenvalue weighted by Crippen LogP contribution is -2.29. The topological polar surface area (TPSA) is 46.0 Å². The number of hydrogen-bond acceptors (Lipinski definition) is 4. The van der Waals surface area contributed by atoms with Crippen LogP contribution < -0.4 is 5.32 Å². The Balaban J connectivity index is 1.42. The molecule has 5 nitrogen and oxygen atoms in total. The Kier molecular flexibility index (Phi) is 4.60. The van der Waals surface area contributed by atoms with E-state index in [9.17, 15) is 0 Å². The van der Waals surface area contributed by atoms with E-state index in [0.717, 1.165) is 31.4 Å². The monoisotopic (exact) mass is 291 g/mol. The van der Waals surface area contributed by atoms with Gasteiger partial charge in [0, 0.05) is 31.9 Å². The number of rotatable bonds is 8. The van der Waals surface area contributed by atoms with Gasteiger partial charge in [0.25, 0.3) is 0 Å². The highest BCUT2D eigenvalue weighted by Gasteiger charge is 2.34. The normalized spacial score (nSPS) is 22.0. The molecule has 1 aromatic heterocycles. The summed E-state index contributed by atoms with van der Waals surface area (Å²) in [4.78, 5) is 2.59. The molecule has 0 aromatic carbocycles. The highest BCUT2D eigenvalue weighted by molar-refractivity contribution is 4.94. The van der Waals surface area contributed by atoms with Crippen LogP contribution in [0.25, 0.3) is 0 Å². The number of hydrogen-bond donors (Lipinski definition) is 1. The molecule has 21 heavy (non-hydrogen) atoms. The van der Waals surface area contributed by atoms with Gasteiger partial charge in [0.1, 0.15) is 0 Å². The lowest BCUT2D eigenvalue weighted by Gasteiger charge is -2.26. The molecule has 1 saturated heterocycles. The molecule has 2 heterocycles. The van der Waals surface area contributed by atoms with Crippen LogP contribution in [0.15, 0.2) is 6.20 Å². The lowest BCUT2D eigenvalue weighted by molar-refractivity contribution is 0.233. The number of likely N-dealkylation sites (tertiary alicyclic amines) is 1. The molecule has 5 heteroatoms. The molecule has 2 aliphatic rings. The van der Waals surface area contributed by atoms with Crippen molar-refractivity contribution in [1.29, 1.82) is 0 Å². The van der Waals surface area contributed by atoms with E-state index < -0.39 is 0 Å². The van der Waals surface area contributed by atoms with Crippen molar-refractivity contribution in [1.82, 2.24) is 25.2 Å². The molecule has 2 fully saturated rings. The van der Waals surface area contributed by atoms with Gasteiger partial charge in [-0.2, -0.15) is 0 Å². The molecule has 1 aliphatic heterocycles. The molecule has 3 rings (SSSR count). The third kappa shape index (κ3) is 3.83. The van der Waals surface area contributed by atoms with Crippen LogP contribution in [0.3, 0.4) is 0 Å². The average Bonchev–Trinajstić information content (AvgIpc) is 3.08. The quantitative estimate of drug-likeness (QED) is 0.796. The molecule has 0 amide bonds. The fraction of sp³-hybridized carbons (Fsp3) is 0.875. The van der Waals surface area contributed by atoms with Gasteiger partial charge in [0.15, 0.2) is 0 Å². The van der Waals surface area contributed by atoms with Crippen LogP contribution in [-0.4, -0.2) is 45.6 Å². The van der Waals surface area contributed by atoms with E-state index in [0.29, 0.717) is 5.41 Å². The zero-order chi connectivity index (χ0) is 14.7. The van der Waals surface area contributed by atoms with E-state index >= 15 is 0 Å². The minimum Gasteiger partial charge on any atom is -0.308 e. The van der Waals surface area contributed by atoms with Crippen molar-refractivity contribution in [3.63, 3.8) is 0 Å². The first kappa shape index (κ1) is 15.0. The maximum Gasteiger partial charge on any atom is 0.0964 e. The minimum atomic E-state index is 0.571. The Labute approximate surface area is 128 Å². The van der Waals surface area contributed by atoms with Crippen LogP contribution in [0.5, 0.6) is 0 Å². The predicted octanol–water partition coefficient (Wildman–Crippen LogP) is 2.04. The summed E-state index contributed by atoms with van der Waals surface area (Å²) in [6.07, 6.45) is 8.70. The molecular weight excluding hydrogens is 262 g/mol. The highest BCUT2D eigenvalue weighted by Crippen LogP contribution is 2.36. The van der Waals surface area contributed by atoms with E-state index in [2.05, 4.69) is 40.6 Å². The Morgan fingerprint density at radius 2 is 2.10 bits per heavy atom. The zero-order valence-corrected chi connectivity index (χ0v) is 13.5. The third-order valence-electron chi connectivity index (χ3n) is 5.40. The van der Waals surface area contributed by atoms with Crippen LogP contribution >= 0.6 is 0 Å². The van der Waals surface area contributed by atoms with Crippen LogP contribution in [0.2, 0.25) is 0 Å². The summed E-state index contributed by atoms with van der Waals surface area (Å²) >= 11 is 0. The maximum atomic E-state index is 4.25. The second-order valence-corrected chi connectivity index (χ2v) is 6.86. The fourth-order valence-corrected chi connectivity index (χ4v) is 3.35. The molecule has 118 valence electrons. The number of aromatic nitrogens is 3. The van der Waals surface area contributed by atoms with Crippen molar-refractivity contribution in [3.8, 4) is 0 Å². The molecule has 0 spiro atoms. The standard InChI is InChI=1S/C16H29N5/c1-3-16(4-2)7-8-20(13-16)9-10-21-12-15(18-19-21)11-17-14-5-6-14/h12,14,17H,3-11,13H2,1-2H3. The number of nitrogens with zero attached hydrogens (tertiary/aromatic N) is 4. The summed E-state index contributed by atoms with van der Waals surface area (Å²) in [5.74, 6) is 0. The molecule has 1 aliphatic carbocycles. The summed E-state index contributed by atoms with van der Waals surface area (Å²) in [7, 11) is 0. The van der Waals surface area contributed by atoms with Gasteiger partial charge in [-0.3, -0.25) is 4.68 Å². The number of nitrogens with one attached hydrogen (secondary N) is 1. The molecule has 1 saturated carbocycles. The molecule has 0 radical (unpaired) electrons. The van der Waals surface area contributed by atoms with Crippen molar-refractivity contribution in [2.45, 2.75) is 65.1 Å². The van der Waals surface area contributed by atoms with Gasteiger partial charge in [-0.1, -0.05) is 19.1 Å². The van der Waals surface area contributed by atoms with Crippen molar-refractivity contribution < 1.29 is 0 Å². The van der Waals surface area contributed by atoms with Gasteiger partial charge >= 0.3 is 0 Å². The second kappa shape index (κ2) is 6.44. The Morgan fingerprint density at radius 3 is 2.76 bits per heavy atom. The lowest BCUT2D eigenvalue weighted by atomic mass is 9.82. The van der Waals surface area contributed by atoms with Gasteiger partial charge in [0.2, 0.25) is 0 Å². The van der Waals surface area contributed by atoms with Gasteiger partial charge in [0.05, 0.1) is 12.2 Å². The third-order valence-corrected chi connectivity index (χ3v) is 5.40. The SMILES string of the molecule is CCC1(CC)CCN(CCn2cc(CNC3CC3)nn2)C1. The summed E-state index contributed by atoms with van der Waals surface area (Å²) in [5.41, 5.74) is 1.64. The minimum absolute atomic E-state index is 0.571. The Morgan fingerprint density at radius 1 is 1.29 bits per heavy atom. The van der Waals surface area contributed by atoms with E-state index in [1.54, 1.807) is 0 Å². The first-order valence-corrected chi connectivity index (χ1v) is 8.58. The molecule has 1 aromatic rings. The first-order valence-electron chi connectivity index (χ1n) is 8.58. The first-order chi connectivity index (χ1) is 10.2. The smallest absolute Gasteiger partial charge is 0.0964 e. The van der Waals surface area contributed by atoms with E-state index in [1.807, 2.05) is 4.68 Å². The van der Waals surface area contributed by atoms with Gasteiger partial charge in [-0.15, -0.1) is 5.10 Å². The van der Waals surface area contributed by atoms with Crippen LogP contribution in [0.4, 0.5) is 0 Å². The molecule has 0 atom stereocenters. The average molecular weight is 291 g/mol. The Hall–Kier alpha value is -0.940. The van der Waals surface area contributed by atoms with Crippen LogP contribution in [-0.2, 0) is 13.1 Å². The summed E-state index contributed by atoms with van der Waals surface area (Å²) < 4.78 is 2.00. The van der Waals surface area contributed by atoms with Crippen molar-refractivity contribution in [2.24, 2.45) is 5.41 Å². The molecular formula is C16H29N5. The van der Waals surface area contributed by atoms with Crippen LogP contribution in [0, 0.1) is 5.41 Å². The predicted molar refractivity (Wildman–Crippen MR) is 84.0 cm³/mol.